The van der Waals surface area contributed by atoms with Gasteiger partial charge in [0.2, 0.25) is 6.79 Å². The Kier molecular flexibility index (Phi) is 4.63. The first-order chi connectivity index (χ1) is 12.7. The van der Waals surface area contributed by atoms with E-state index < -0.39 is 0 Å². The third-order valence-corrected chi connectivity index (χ3v) is 4.82. The van der Waals surface area contributed by atoms with Gasteiger partial charge in [0.1, 0.15) is 0 Å². The summed E-state index contributed by atoms with van der Waals surface area (Å²) in [5, 5.41) is 3.61. The molecule has 0 spiro atoms. The molecule has 0 bridgehead atoms. The molecular weight excluding hydrogens is 322 g/mol. The van der Waals surface area contributed by atoms with Crippen molar-refractivity contribution in [2.75, 3.05) is 6.79 Å². The van der Waals surface area contributed by atoms with Crippen LogP contribution in [0.4, 0.5) is 0 Å². The van der Waals surface area contributed by atoms with Crippen LogP contribution in [0, 0.1) is 6.92 Å². The van der Waals surface area contributed by atoms with Gasteiger partial charge in [0.05, 0.1) is 0 Å². The minimum atomic E-state index is 0.305. The Morgan fingerprint density at radius 2 is 1.65 bits per heavy atom. The van der Waals surface area contributed by atoms with Gasteiger partial charge in [-0.1, -0.05) is 54.1 Å². The second kappa shape index (κ2) is 7.22. The maximum absolute atomic E-state index is 5.49. The second-order valence-electron chi connectivity index (χ2n) is 6.78. The summed E-state index contributed by atoms with van der Waals surface area (Å²) in [6.07, 6.45) is 0. The first-order valence-corrected chi connectivity index (χ1v) is 8.98. The van der Waals surface area contributed by atoms with Crippen LogP contribution in [0.5, 0.6) is 11.5 Å². The number of hydrogen-bond donors (Lipinski definition) is 1. The van der Waals surface area contributed by atoms with Crippen LogP contribution < -0.4 is 14.8 Å². The smallest absolute Gasteiger partial charge is 0.231 e. The summed E-state index contributed by atoms with van der Waals surface area (Å²) in [5.41, 5.74) is 6.19. The van der Waals surface area contributed by atoms with Crippen LogP contribution in [-0.4, -0.2) is 6.79 Å². The van der Waals surface area contributed by atoms with Crippen molar-refractivity contribution in [2.45, 2.75) is 26.4 Å². The van der Waals surface area contributed by atoms with Gasteiger partial charge in [-0.2, -0.15) is 0 Å². The summed E-state index contributed by atoms with van der Waals surface area (Å²) in [6.45, 7) is 5.45. The molecule has 4 rings (SSSR count). The summed E-state index contributed by atoms with van der Waals surface area (Å²) in [6, 6.07) is 23.7. The van der Waals surface area contributed by atoms with Crippen molar-refractivity contribution < 1.29 is 9.47 Å². The highest BCUT2D eigenvalue weighted by atomic mass is 16.7. The number of hydrogen-bond acceptors (Lipinski definition) is 3. The van der Waals surface area contributed by atoms with E-state index in [1.807, 2.05) is 12.1 Å². The van der Waals surface area contributed by atoms with Crippen LogP contribution in [0.2, 0.25) is 0 Å². The van der Waals surface area contributed by atoms with Gasteiger partial charge in [-0.25, -0.2) is 0 Å². The Hall–Kier alpha value is -2.78. The minimum absolute atomic E-state index is 0.305. The van der Waals surface area contributed by atoms with E-state index in [4.69, 9.17) is 9.47 Å². The summed E-state index contributed by atoms with van der Waals surface area (Å²) in [7, 11) is 0. The van der Waals surface area contributed by atoms with Crippen molar-refractivity contribution >= 4 is 0 Å². The summed E-state index contributed by atoms with van der Waals surface area (Å²) >= 11 is 0. The van der Waals surface area contributed by atoms with Crippen molar-refractivity contribution in [1.82, 2.24) is 5.32 Å². The molecule has 3 aromatic rings. The Bertz CT molecular complexity index is 902. The predicted molar refractivity (Wildman–Crippen MR) is 104 cm³/mol. The van der Waals surface area contributed by atoms with Gasteiger partial charge in [-0.05, 0) is 54.3 Å². The fraction of sp³-hybridized carbons (Fsp3) is 0.217. The van der Waals surface area contributed by atoms with Crippen molar-refractivity contribution in [1.29, 1.82) is 0 Å². The van der Waals surface area contributed by atoms with Gasteiger partial charge in [0, 0.05) is 12.6 Å². The highest BCUT2D eigenvalue weighted by Crippen LogP contribution is 2.36. The maximum Gasteiger partial charge on any atom is 0.231 e. The van der Waals surface area contributed by atoms with Gasteiger partial charge in [0.15, 0.2) is 11.5 Å². The van der Waals surface area contributed by atoms with E-state index in [0.29, 0.717) is 12.8 Å². The van der Waals surface area contributed by atoms with Crippen molar-refractivity contribution in [3.05, 3.63) is 83.4 Å². The quantitative estimate of drug-likeness (QED) is 0.686. The number of rotatable bonds is 5. The molecule has 0 amide bonds. The molecule has 1 N–H and O–H groups in total. The first-order valence-electron chi connectivity index (χ1n) is 8.98. The van der Waals surface area contributed by atoms with E-state index in [0.717, 1.165) is 23.6 Å². The molecule has 132 valence electrons. The van der Waals surface area contributed by atoms with E-state index in [9.17, 15) is 0 Å². The molecule has 3 aromatic carbocycles. The van der Waals surface area contributed by atoms with Gasteiger partial charge >= 0.3 is 0 Å². The number of benzene rings is 3. The fourth-order valence-electron chi connectivity index (χ4n) is 3.18. The molecule has 0 saturated carbocycles. The number of ether oxygens (including phenoxy) is 2. The lowest BCUT2D eigenvalue weighted by atomic mass is 10.0. The lowest BCUT2D eigenvalue weighted by Crippen LogP contribution is -2.18. The van der Waals surface area contributed by atoms with Crippen LogP contribution in [0.3, 0.4) is 0 Å². The molecule has 0 radical (unpaired) electrons. The third kappa shape index (κ3) is 3.58. The SMILES string of the molecule is Cc1ccc([C@@H](C)NCc2cccc(-c3ccc4c(c3)OCO4)c2)cc1. The second-order valence-corrected chi connectivity index (χ2v) is 6.78. The van der Waals surface area contributed by atoms with Crippen molar-refractivity contribution in [3.63, 3.8) is 0 Å². The van der Waals surface area contributed by atoms with Gasteiger partial charge in [-0.3, -0.25) is 0 Å². The minimum Gasteiger partial charge on any atom is -0.454 e. The number of aryl methyl sites for hydroxylation is 1. The lowest BCUT2D eigenvalue weighted by molar-refractivity contribution is 0.174. The Labute approximate surface area is 154 Å². The van der Waals surface area contributed by atoms with Crippen LogP contribution >= 0.6 is 0 Å². The molecule has 1 aliphatic heterocycles. The summed E-state index contributed by atoms with van der Waals surface area (Å²) in [4.78, 5) is 0. The van der Waals surface area contributed by atoms with E-state index in [1.54, 1.807) is 0 Å². The predicted octanol–water partition coefficient (Wildman–Crippen LogP) is 5.24. The zero-order chi connectivity index (χ0) is 17.9. The zero-order valence-electron chi connectivity index (χ0n) is 15.2. The van der Waals surface area contributed by atoms with E-state index in [-0.39, 0.29) is 0 Å². The maximum atomic E-state index is 5.49. The lowest BCUT2D eigenvalue weighted by Gasteiger charge is -2.15. The summed E-state index contributed by atoms with van der Waals surface area (Å²) in [5.74, 6) is 1.64. The van der Waals surface area contributed by atoms with Crippen molar-refractivity contribution in [2.24, 2.45) is 0 Å². The van der Waals surface area contributed by atoms with E-state index in [2.05, 4.69) is 73.8 Å². The van der Waals surface area contributed by atoms with Gasteiger partial charge in [0.25, 0.3) is 0 Å². The standard InChI is InChI=1S/C23H23NO2/c1-16-6-8-19(9-7-16)17(2)24-14-18-4-3-5-20(12-18)21-10-11-22-23(13-21)26-15-25-22/h3-13,17,24H,14-15H2,1-2H3/t17-/m1/s1. The molecule has 0 fully saturated rings. The van der Waals surface area contributed by atoms with Crippen LogP contribution in [0.25, 0.3) is 11.1 Å². The van der Waals surface area contributed by atoms with Crippen LogP contribution in [0.15, 0.2) is 66.7 Å². The molecule has 0 saturated heterocycles. The molecule has 26 heavy (non-hydrogen) atoms. The highest BCUT2D eigenvalue weighted by molar-refractivity contribution is 5.68. The van der Waals surface area contributed by atoms with Gasteiger partial charge in [-0.15, -0.1) is 0 Å². The Balaban J connectivity index is 1.46. The average Bonchev–Trinajstić information content (AvgIpc) is 3.15. The van der Waals surface area contributed by atoms with E-state index in [1.165, 1.54) is 22.3 Å². The Morgan fingerprint density at radius 3 is 2.50 bits per heavy atom. The Morgan fingerprint density at radius 1 is 0.885 bits per heavy atom. The normalized spacial score (nSPS) is 13.6. The zero-order valence-corrected chi connectivity index (χ0v) is 15.2. The largest absolute Gasteiger partial charge is 0.454 e. The molecule has 1 aliphatic rings. The molecule has 0 aliphatic carbocycles. The molecule has 1 atom stereocenters. The monoisotopic (exact) mass is 345 g/mol. The highest BCUT2D eigenvalue weighted by Gasteiger charge is 2.14. The average molecular weight is 345 g/mol. The molecule has 3 nitrogen and oxygen atoms in total. The number of fused-ring (bicyclic) bond motifs is 1. The van der Waals surface area contributed by atoms with E-state index >= 15 is 0 Å². The van der Waals surface area contributed by atoms with Crippen molar-refractivity contribution in [3.8, 4) is 22.6 Å². The molecule has 1 heterocycles. The molecule has 3 heteroatoms. The van der Waals surface area contributed by atoms with Crippen LogP contribution in [-0.2, 0) is 6.54 Å². The molecule has 0 unspecified atom stereocenters. The summed E-state index contributed by atoms with van der Waals surface area (Å²) < 4.78 is 10.9. The number of nitrogens with one attached hydrogen (secondary N) is 1. The molecular formula is C23H23NO2. The first kappa shape index (κ1) is 16.7. The van der Waals surface area contributed by atoms with Gasteiger partial charge < -0.3 is 14.8 Å². The molecule has 0 aromatic heterocycles. The van der Waals surface area contributed by atoms with Crippen LogP contribution in [0.1, 0.15) is 29.7 Å². The fourth-order valence-corrected chi connectivity index (χ4v) is 3.18. The third-order valence-electron chi connectivity index (χ3n) is 4.82. The topological polar surface area (TPSA) is 30.5 Å².